The van der Waals surface area contributed by atoms with E-state index in [0.717, 1.165) is 6.07 Å². The van der Waals surface area contributed by atoms with Gasteiger partial charge in [-0.05, 0) is 43.7 Å². The van der Waals surface area contributed by atoms with Gasteiger partial charge < -0.3 is 10.1 Å². The summed E-state index contributed by atoms with van der Waals surface area (Å²) in [5.41, 5.74) is -0.745. The molecule has 0 unspecified atom stereocenters. The van der Waals surface area contributed by atoms with Gasteiger partial charge >= 0.3 is 0 Å². The second-order valence-electron chi connectivity index (χ2n) is 6.10. The van der Waals surface area contributed by atoms with E-state index < -0.39 is 21.3 Å². The van der Waals surface area contributed by atoms with Crippen molar-refractivity contribution in [2.24, 2.45) is 5.41 Å². The average Bonchev–Trinajstić information content (AvgIpc) is 2.58. The predicted octanol–water partition coefficient (Wildman–Crippen LogP) is 1.64. The van der Waals surface area contributed by atoms with Crippen molar-refractivity contribution in [3.8, 4) is 5.75 Å². The van der Waals surface area contributed by atoms with Crippen molar-refractivity contribution < 1.29 is 22.3 Å². The zero-order valence-electron chi connectivity index (χ0n) is 13.3. The highest BCUT2D eigenvalue weighted by Gasteiger charge is 2.45. The van der Waals surface area contributed by atoms with Crippen molar-refractivity contribution in [3.63, 3.8) is 0 Å². The van der Waals surface area contributed by atoms with Gasteiger partial charge in [0.15, 0.2) is 11.6 Å². The highest BCUT2D eigenvalue weighted by Crippen LogP contribution is 2.38. The highest BCUT2D eigenvalue weighted by atomic mass is 32.2. The van der Waals surface area contributed by atoms with Crippen LogP contribution in [-0.2, 0) is 14.8 Å². The van der Waals surface area contributed by atoms with Gasteiger partial charge in [0.25, 0.3) is 0 Å². The summed E-state index contributed by atoms with van der Waals surface area (Å²) in [6.45, 7) is 0.411. The first kappa shape index (κ1) is 16.9. The molecule has 1 saturated heterocycles. The Morgan fingerprint density at radius 2 is 2.17 bits per heavy atom. The Labute approximate surface area is 140 Å². The number of piperidine rings is 1. The number of carbonyl (C=O) groups excluding carboxylic acids is 1. The number of rotatable bonds is 3. The third kappa shape index (κ3) is 2.80. The smallest absolute Gasteiger partial charge is 0.243 e. The molecule has 0 radical (unpaired) electrons. The molecule has 2 aliphatic heterocycles. The molecule has 3 rings (SSSR count). The predicted molar refractivity (Wildman–Crippen MR) is 85.3 cm³/mol. The van der Waals surface area contributed by atoms with Crippen molar-refractivity contribution in [2.45, 2.75) is 24.2 Å². The van der Waals surface area contributed by atoms with E-state index in [0.29, 0.717) is 25.8 Å². The molecule has 130 valence electrons. The monoisotopic (exact) mass is 354 g/mol. The van der Waals surface area contributed by atoms with Crippen molar-refractivity contribution in [1.29, 1.82) is 0 Å². The molecule has 1 amide bonds. The fraction of sp³-hybridized carbons (Fsp3) is 0.438. The standard InChI is InChI=1S/C16H19FN2O4S/c1-23-14-5-4-12(10-13(14)17)24(21,22)19-9-3-7-16(11-19)6-2-8-18-15(16)20/h2,4-5,8,10H,3,6-7,9,11H2,1H3,(H,18,20)/t16-/m1/s1. The van der Waals surface area contributed by atoms with E-state index in [1.165, 1.54) is 23.5 Å². The minimum Gasteiger partial charge on any atom is -0.494 e. The van der Waals surface area contributed by atoms with E-state index in [2.05, 4.69) is 5.32 Å². The van der Waals surface area contributed by atoms with Gasteiger partial charge in [-0.1, -0.05) is 6.08 Å². The first-order valence-corrected chi connectivity index (χ1v) is 9.13. The second kappa shape index (κ2) is 6.18. The van der Waals surface area contributed by atoms with Crippen molar-refractivity contribution in [1.82, 2.24) is 9.62 Å². The number of sulfonamides is 1. The molecule has 1 aromatic rings. The summed E-state index contributed by atoms with van der Waals surface area (Å²) in [5, 5.41) is 2.66. The average molecular weight is 354 g/mol. The Morgan fingerprint density at radius 1 is 1.38 bits per heavy atom. The number of halogens is 1. The van der Waals surface area contributed by atoms with Crippen LogP contribution in [0, 0.1) is 11.2 Å². The van der Waals surface area contributed by atoms with Crippen LogP contribution >= 0.6 is 0 Å². The van der Waals surface area contributed by atoms with E-state index in [9.17, 15) is 17.6 Å². The molecule has 2 aliphatic rings. The molecule has 0 aliphatic carbocycles. The summed E-state index contributed by atoms with van der Waals surface area (Å²) in [6, 6.07) is 3.56. The number of benzene rings is 1. The van der Waals surface area contributed by atoms with Gasteiger partial charge in [0.05, 0.1) is 17.4 Å². The van der Waals surface area contributed by atoms with Gasteiger partial charge in [-0.3, -0.25) is 4.79 Å². The molecule has 1 N–H and O–H groups in total. The number of hydrogen-bond donors (Lipinski definition) is 1. The van der Waals surface area contributed by atoms with Crippen molar-refractivity contribution >= 4 is 15.9 Å². The van der Waals surface area contributed by atoms with Gasteiger partial charge in [-0.15, -0.1) is 0 Å². The normalized spacial score (nSPS) is 24.8. The summed E-state index contributed by atoms with van der Waals surface area (Å²) >= 11 is 0. The maximum atomic E-state index is 13.9. The van der Waals surface area contributed by atoms with Gasteiger partial charge in [0, 0.05) is 13.1 Å². The molecule has 6 nitrogen and oxygen atoms in total. The topological polar surface area (TPSA) is 75.7 Å². The first-order chi connectivity index (χ1) is 11.4. The zero-order chi connectivity index (χ0) is 17.4. The zero-order valence-corrected chi connectivity index (χ0v) is 14.1. The van der Waals surface area contributed by atoms with Crippen LogP contribution in [0.3, 0.4) is 0 Å². The molecular formula is C16H19FN2O4S. The molecule has 0 saturated carbocycles. The van der Waals surface area contributed by atoms with Crippen molar-refractivity contribution in [2.75, 3.05) is 20.2 Å². The molecule has 1 aromatic carbocycles. The van der Waals surface area contributed by atoms with Gasteiger partial charge in [0.2, 0.25) is 15.9 Å². The SMILES string of the molecule is COc1ccc(S(=O)(=O)N2CCC[C@]3(CC=CNC3=O)C2)cc1F. The number of hydrogen-bond acceptors (Lipinski definition) is 4. The van der Waals surface area contributed by atoms with Crippen LogP contribution in [0.4, 0.5) is 4.39 Å². The van der Waals surface area contributed by atoms with Gasteiger partial charge in [-0.25, -0.2) is 12.8 Å². The van der Waals surface area contributed by atoms with E-state index in [1.54, 1.807) is 6.20 Å². The van der Waals surface area contributed by atoms with E-state index in [-0.39, 0.29) is 23.1 Å². The summed E-state index contributed by atoms with van der Waals surface area (Å²) < 4.78 is 45.7. The molecule has 1 atom stereocenters. The number of nitrogens with zero attached hydrogens (tertiary/aromatic N) is 1. The molecule has 2 heterocycles. The number of ether oxygens (including phenoxy) is 1. The molecular weight excluding hydrogens is 335 g/mol. The Balaban J connectivity index is 1.91. The Morgan fingerprint density at radius 3 is 2.83 bits per heavy atom. The lowest BCUT2D eigenvalue weighted by Crippen LogP contribution is -2.53. The van der Waals surface area contributed by atoms with Crippen LogP contribution < -0.4 is 10.1 Å². The third-order valence-corrected chi connectivity index (χ3v) is 6.47. The number of allylic oxidation sites excluding steroid dienone is 1. The lowest BCUT2D eigenvalue weighted by Gasteiger charge is -2.41. The van der Waals surface area contributed by atoms with Crippen LogP contribution in [0.5, 0.6) is 5.75 Å². The number of nitrogens with one attached hydrogen (secondary N) is 1. The molecule has 0 aromatic heterocycles. The molecule has 24 heavy (non-hydrogen) atoms. The molecule has 8 heteroatoms. The Kier molecular flexibility index (Phi) is 4.35. The fourth-order valence-electron chi connectivity index (χ4n) is 3.27. The summed E-state index contributed by atoms with van der Waals surface area (Å²) in [4.78, 5) is 12.1. The van der Waals surface area contributed by atoms with Crippen LogP contribution in [-0.4, -0.2) is 38.8 Å². The fourth-order valence-corrected chi connectivity index (χ4v) is 4.85. The van der Waals surface area contributed by atoms with E-state index in [1.807, 2.05) is 6.08 Å². The summed E-state index contributed by atoms with van der Waals surface area (Å²) in [7, 11) is -2.56. The highest BCUT2D eigenvalue weighted by molar-refractivity contribution is 7.89. The van der Waals surface area contributed by atoms with Gasteiger partial charge in [-0.2, -0.15) is 4.31 Å². The van der Waals surface area contributed by atoms with E-state index in [4.69, 9.17) is 4.74 Å². The maximum Gasteiger partial charge on any atom is 0.243 e. The molecule has 1 spiro atoms. The Bertz CT molecular complexity index is 793. The van der Waals surface area contributed by atoms with E-state index >= 15 is 0 Å². The lowest BCUT2D eigenvalue weighted by molar-refractivity contribution is -0.132. The molecule has 0 bridgehead atoms. The number of carbonyl (C=O) groups is 1. The van der Waals surface area contributed by atoms with Crippen molar-refractivity contribution in [3.05, 3.63) is 36.3 Å². The third-order valence-electron chi connectivity index (χ3n) is 4.63. The summed E-state index contributed by atoms with van der Waals surface area (Å²) in [6.07, 6.45) is 5.14. The number of amides is 1. The first-order valence-electron chi connectivity index (χ1n) is 7.69. The van der Waals surface area contributed by atoms with Crippen LogP contribution in [0.2, 0.25) is 0 Å². The minimum atomic E-state index is -3.87. The summed E-state index contributed by atoms with van der Waals surface area (Å²) in [5.74, 6) is -0.907. The van der Waals surface area contributed by atoms with Crippen LogP contribution in [0.25, 0.3) is 0 Å². The Hall–Kier alpha value is -1.93. The maximum absolute atomic E-state index is 13.9. The van der Waals surface area contributed by atoms with Gasteiger partial charge in [0.1, 0.15) is 0 Å². The largest absolute Gasteiger partial charge is 0.494 e. The molecule has 1 fully saturated rings. The number of methoxy groups -OCH3 is 1. The second-order valence-corrected chi connectivity index (χ2v) is 8.04. The van der Waals surface area contributed by atoms with Crippen LogP contribution in [0.15, 0.2) is 35.4 Å². The lowest BCUT2D eigenvalue weighted by atomic mass is 9.76. The minimum absolute atomic E-state index is 0.0131. The quantitative estimate of drug-likeness (QED) is 0.895. The van der Waals surface area contributed by atoms with Crippen LogP contribution in [0.1, 0.15) is 19.3 Å².